The van der Waals surface area contributed by atoms with Gasteiger partial charge in [0.15, 0.2) is 0 Å². The fourth-order valence-corrected chi connectivity index (χ4v) is 2.58. The van der Waals surface area contributed by atoms with Crippen LogP contribution in [-0.2, 0) is 9.53 Å². The molecule has 104 valence electrons. The minimum absolute atomic E-state index is 0.207. The zero-order valence-electron chi connectivity index (χ0n) is 11.5. The van der Waals surface area contributed by atoms with Crippen LogP contribution in [0, 0.1) is 0 Å². The second-order valence-electron chi connectivity index (χ2n) is 4.97. The number of aromatic nitrogens is 1. The van der Waals surface area contributed by atoms with Crippen molar-refractivity contribution in [3.05, 3.63) is 30.1 Å². The standard InChI is InChI=1S/C15H22N2O2/c1-2-19-15(18)14(12-7-6-10-16-11-12)17-13-8-4-3-5-9-13/h6-7,10-11,13-14,17H,2-5,8-9H2,1H3. The Labute approximate surface area is 114 Å². The van der Waals surface area contributed by atoms with Gasteiger partial charge < -0.3 is 4.74 Å². The third kappa shape index (κ3) is 4.03. The number of carbonyl (C=O) groups excluding carboxylic acids is 1. The summed E-state index contributed by atoms with van der Waals surface area (Å²) in [6, 6.07) is 3.79. The lowest BCUT2D eigenvalue weighted by Crippen LogP contribution is -2.39. The SMILES string of the molecule is CCOC(=O)C(NC1CCCCC1)c1cccnc1. The third-order valence-corrected chi connectivity index (χ3v) is 3.55. The highest BCUT2D eigenvalue weighted by Crippen LogP contribution is 2.22. The van der Waals surface area contributed by atoms with E-state index in [1.807, 2.05) is 19.1 Å². The first-order chi connectivity index (χ1) is 9.31. The average molecular weight is 262 g/mol. The highest BCUT2D eigenvalue weighted by Gasteiger charge is 2.26. The first-order valence-corrected chi connectivity index (χ1v) is 7.14. The molecule has 0 radical (unpaired) electrons. The van der Waals surface area contributed by atoms with Gasteiger partial charge >= 0.3 is 5.97 Å². The van der Waals surface area contributed by atoms with Crippen molar-refractivity contribution in [1.29, 1.82) is 0 Å². The molecule has 0 saturated heterocycles. The van der Waals surface area contributed by atoms with Crippen molar-refractivity contribution < 1.29 is 9.53 Å². The van der Waals surface area contributed by atoms with E-state index in [4.69, 9.17) is 4.74 Å². The van der Waals surface area contributed by atoms with Crippen molar-refractivity contribution in [3.8, 4) is 0 Å². The van der Waals surface area contributed by atoms with E-state index in [2.05, 4.69) is 10.3 Å². The summed E-state index contributed by atoms with van der Waals surface area (Å²) in [5.74, 6) is -0.207. The van der Waals surface area contributed by atoms with Crippen LogP contribution in [0.5, 0.6) is 0 Å². The van der Waals surface area contributed by atoms with Gasteiger partial charge in [-0.15, -0.1) is 0 Å². The molecule has 1 unspecified atom stereocenters. The average Bonchev–Trinajstić information content (AvgIpc) is 2.47. The van der Waals surface area contributed by atoms with Crippen LogP contribution in [0.25, 0.3) is 0 Å². The molecule has 0 bridgehead atoms. The van der Waals surface area contributed by atoms with E-state index in [1.165, 1.54) is 19.3 Å². The van der Waals surface area contributed by atoms with E-state index >= 15 is 0 Å². The molecule has 1 aromatic rings. The van der Waals surface area contributed by atoms with E-state index in [1.54, 1.807) is 12.4 Å². The predicted molar refractivity (Wildman–Crippen MR) is 73.6 cm³/mol. The molecule has 1 aliphatic rings. The lowest BCUT2D eigenvalue weighted by molar-refractivity contribution is -0.146. The summed E-state index contributed by atoms with van der Waals surface area (Å²) in [5, 5.41) is 3.44. The summed E-state index contributed by atoms with van der Waals surface area (Å²) in [6.45, 7) is 2.24. The van der Waals surface area contributed by atoms with Crippen molar-refractivity contribution in [2.75, 3.05) is 6.61 Å². The Bertz CT molecular complexity index is 388. The second kappa shape index (κ2) is 7.24. The van der Waals surface area contributed by atoms with Crippen LogP contribution < -0.4 is 5.32 Å². The minimum Gasteiger partial charge on any atom is -0.465 e. The number of rotatable bonds is 5. The van der Waals surface area contributed by atoms with Crippen LogP contribution in [0.2, 0.25) is 0 Å². The van der Waals surface area contributed by atoms with Gasteiger partial charge in [0.25, 0.3) is 0 Å². The number of esters is 1. The Balaban J connectivity index is 2.07. The highest BCUT2D eigenvalue weighted by molar-refractivity contribution is 5.77. The first kappa shape index (κ1) is 14.0. The Morgan fingerprint density at radius 1 is 1.47 bits per heavy atom. The van der Waals surface area contributed by atoms with Crippen molar-refractivity contribution in [2.45, 2.75) is 51.1 Å². The maximum atomic E-state index is 12.1. The quantitative estimate of drug-likeness (QED) is 0.829. The molecule has 1 heterocycles. The Morgan fingerprint density at radius 3 is 2.89 bits per heavy atom. The summed E-state index contributed by atoms with van der Waals surface area (Å²) in [6.07, 6.45) is 9.49. The molecule has 1 aromatic heterocycles. The van der Waals surface area contributed by atoms with Crippen LogP contribution in [-0.4, -0.2) is 23.6 Å². The summed E-state index contributed by atoms with van der Waals surface area (Å²) in [5.41, 5.74) is 0.881. The van der Waals surface area contributed by atoms with Gasteiger partial charge in [0.1, 0.15) is 6.04 Å². The Morgan fingerprint density at radius 2 is 2.26 bits per heavy atom. The van der Waals surface area contributed by atoms with Crippen molar-refractivity contribution in [1.82, 2.24) is 10.3 Å². The zero-order valence-corrected chi connectivity index (χ0v) is 11.5. The van der Waals surface area contributed by atoms with Crippen molar-refractivity contribution in [3.63, 3.8) is 0 Å². The number of pyridine rings is 1. The van der Waals surface area contributed by atoms with Gasteiger partial charge in [-0.3, -0.25) is 10.3 Å². The van der Waals surface area contributed by atoms with E-state index in [-0.39, 0.29) is 5.97 Å². The van der Waals surface area contributed by atoms with E-state index in [0.29, 0.717) is 12.6 Å². The number of hydrogen-bond donors (Lipinski definition) is 1. The minimum atomic E-state index is -0.392. The van der Waals surface area contributed by atoms with Gasteiger partial charge in [0, 0.05) is 18.4 Å². The molecule has 0 spiro atoms. The zero-order chi connectivity index (χ0) is 13.5. The van der Waals surface area contributed by atoms with Crippen LogP contribution in [0.15, 0.2) is 24.5 Å². The van der Waals surface area contributed by atoms with Gasteiger partial charge in [0.05, 0.1) is 6.61 Å². The fourth-order valence-electron chi connectivity index (χ4n) is 2.58. The first-order valence-electron chi connectivity index (χ1n) is 7.14. The summed E-state index contributed by atoms with van der Waals surface area (Å²) in [4.78, 5) is 16.2. The topological polar surface area (TPSA) is 51.2 Å². The van der Waals surface area contributed by atoms with Crippen molar-refractivity contribution in [2.24, 2.45) is 0 Å². The number of hydrogen-bond acceptors (Lipinski definition) is 4. The van der Waals surface area contributed by atoms with Gasteiger partial charge in [0.2, 0.25) is 0 Å². The highest BCUT2D eigenvalue weighted by atomic mass is 16.5. The molecule has 0 amide bonds. The lowest BCUT2D eigenvalue weighted by atomic mass is 9.94. The Kier molecular flexibility index (Phi) is 5.33. The van der Waals surface area contributed by atoms with Crippen LogP contribution in [0.1, 0.15) is 50.6 Å². The molecule has 1 aliphatic carbocycles. The molecule has 1 fully saturated rings. The van der Waals surface area contributed by atoms with Gasteiger partial charge in [-0.1, -0.05) is 25.3 Å². The normalized spacial score (nSPS) is 17.9. The maximum Gasteiger partial charge on any atom is 0.327 e. The molecule has 4 heteroatoms. The van der Waals surface area contributed by atoms with E-state index in [0.717, 1.165) is 18.4 Å². The lowest BCUT2D eigenvalue weighted by Gasteiger charge is -2.27. The molecule has 0 aliphatic heterocycles. The van der Waals surface area contributed by atoms with Gasteiger partial charge in [-0.2, -0.15) is 0 Å². The molecular weight excluding hydrogens is 240 g/mol. The molecule has 4 nitrogen and oxygen atoms in total. The molecule has 1 saturated carbocycles. The number of nitrogens with one attached hydrogen (secondary N) is 1. The predicted octanol–water partition coefficient (Wildman–Crippen LogP) is 2.61. The van der Waals surface area contributed by atoms with E-state index in [9.17, 15) is 4.79 Å². The number of nitrogens with zero attached hydrogens (tertiary/aromatic N) is 1. The summed E-state index contributed by atoms with van der Waals surface area (Å²) in [7, 11) is 0. The van der Waals surface area contributed by atoms with Gasteiger partial charge in [-0.05, 0) is 31.4 Å². The number of carbonyl (C=O) groups is 1. The maximum absolute atomic E-state index is 12.1. The molecule has 1 atom stereocenters. The van der Waals surface area contributed by atoms with Crippen LogP contribution in [0.4, 0.5) is 0 Å². The fraction of sp³-hybridized carbons (Fsp3) is 0.600. The van der Waals surface area contributed by atoms with Crippen LogP contribution >= 0.6 is 0 Å². The summed E-state index contributed by atoms with van der Waals surface area (Å²) < 4.78 is 5.17. The monoisotopic (exact) mass is 262 g/mol. The third-order valence-electron chi connectivity index (χ3n) is 3.55. The molecule has 2 rings (SSSR count). The second-order valence-corrected chi connectivity index (χ2v) is 4.97. The Hall–Kier alpha value is -1.42. The smallest absolute Gasteiger partial charge is 0.327 e. The number of ether oxygens (including phenoxy) is 1. The van der Waals surface area contributed by atoms with Crippen molar-refractivity contribution >= 4 is 5.97 Å². The molecular formula is C15H22N2O2. The molecule has 0 aromatic carbocycles. The van der Waals surface area contributed by atoms with Crippen LogP contribution in [0.3, 0.4) is 0 Å². The van der Waals surface area contributed by atoms with E-state index < -0.39 is 6.04 Å². The molecule has 1 N–H and O–H groups in total. The molecule has 19 heavy (non-hydrogen) atoms. The largest absolute Gasteiger partial charge is 0.465 e. The summed E-state index contributed by atoms with van der Waals surface area (Å²) >= 11 is 0. The van der Waals surface area contributed by atoms with Gasteiger partial charge in [-0.25, -0.2) is 4.79 Å².